The van der Waals surface area contributed by atoms with Crippen molar-refractivity contribution in [2.75, 3.05) is 6.61 Å². The van der Waals surface area contributed by atoms with Crippen LogP contribution in [0.15, 0.2) is 24.3 Å². The Morgan fingerprint density at radius 1 is 1.30 bits per heavy atom. The van der Waals surface area contributed by atoms with E-state index in [1.165, 1.54) is 0 Å². The van der Waals surface area contributed by atoms with Crippen LogP contribution in [0.3, 0.4) is 0 Å². The number of carbonyl (C=O) groups is 2. The van der Waals surface area contributed by atoms with Crippen molar-refractivity contribution in [3.05, 3.63) is 24.3 Å². The Balaban J connectivity index is 1.97. The molecule has 0 unspecified atom stereocenters. The zero-order valence-electron chi connectivity index (χ0n) is 14.5. The second-order valence-corrected chi connectivity index (χ2v) is 8.04. The Labute approximate surface area is 139 Å². The van der Waals surface area contributed by atoms with Crippen LogP contribution >= 0.6 is 0 Å². The van der Waals surface area contributed by atoms with Crippen LogP contribution in [-0.4, -0.2) is 18.4 Å². The molecule has 23 heavy (non-hydrogen) atoms. The van der Waals surface area contributed by atoms with Gasteiger partial charge in [-0.1, -0.05) is 38.2 Å². The maximum atomic E-state index is 13.1. The van der Waals surface area contributed by atoms with Gasteiger partial charge in [-0.3, -0.25) is 9.59 Å². The standard InChI is InChI=1S/C20H28O3/c1-4-23-18(22)13-20-11-6-5-9-15(20)14-8-7-10-19(2,3)16(14)12-17(20)21/h6-8,11,14-16H,4-5,9-10,12-13H2,1-3H3/t14-,15+,16+,20-/m1/s1. The molecule has 4 atom stereocenters. The third kappa shape index (κ3) is 2.68. The first-order chi connectivity index (χ1) is 10.9. The van der Waals surface area contributed by atoms with Crippen molar-refractivity contribution >= 4 is 11.8 Å². The van der Waals surface area contributed by atoms with E-state index in [4.69, 9.17) is 4.74 Å². The highest BCUT2D eigenvalue weighted by Gasteiger charge is 2.57. The molecule has 0 N–H and O–H groups in total. The predicted octanol–water partition coefficient (Wildman–Crippen LogP) is 4.08. The summed E-state index contributed by atoms with van der Waals surface area (Å²) in [5.41, 5.74) is -0.476. The average molecular weight is 316 g/mol. The number of allylic oxidation sites excluding steroid dienone is 4. The van der Waals surface area contributed by atoms with Crippen molar-refractivity contribution in [2.24, 2.45) is 28.6 Å². The van der Waals surface area contributed by atoms with Crippen molar-refractivity contribution < 1.29 is 14.3 Å². The molecular weight excluding hydrogens is 288 g/mol. The van der Waals surface area contributed by atoms with Crippen LogP contribution in [0.1, 0.15) is 52.9 Å². The number of ketones is 1. The lowest BCUT2D eigenvalue weighted by Crippen LogP contribution is -2.54. The molecule has 0 amide bonds. The van der Waals surface area contributed by atoms with Gasteiger partial charge in [0.2, 0.25) is 0 Å². The number of hydrogen-bond donors (Lipinski definition) is 0. The summed E-state index contributed by atoms with van der Waals surface area (Å²) in [5, 5.41) is 0. The van der Waals surface area contributed by atoms with E-state index in [1.807, 2.05) is 13.0 Å². The van der Waals surface area contributed by atoms with Crippen molar-refractivity contribution in [2.45, 2.75) is 52.9 Å². The number of Topliss-reactive ketones (excluding diaryl/α,β-unsaturated/α-hetero) is 1. The van der Waals surface area contributed by atoms with Gasteiger partial charge in [0.25, 0.3) is 0 Å². The number of esters is 1. The second-order valence-electron chi connectivity index (χ2n) is 8.04. The Kier molecular flexibility index (Phi) is 4.24. The summed E-state index contributed by atoms with van der Waals surface area (Å²) in [6.07, 6.45) is 12.5. The predicted molar refractivity (Wildman–Crippen MR) is 89.7 cm³/mol. The SMILES string of the molecule is CCOC(=O)C[C@]12C=CCC[C@H]1[C@H]1C=CCC(C)(C)[C@H]1CC2=O. The summed E-state index contributed by atoms with van der Waals surface area (Å²) in [5.74, 6) is 1.03. The van der Waals surface area contributed by atoms with Gasteiger partial charge in [-0.2, -0.15) is 0 Å². The van der Waals surface area contributed by atoms with Gasteiger partial charge >= 0.3 is 5.97 Å². The van der Waals surface area contributed by atoms with E-state index in [2.05, 4.69) is 32.1 Å². The molecule has 3 heteroatoms. The van der Waals surface area contributed by atoms with E-state index in [0.717, 1.165) is 19.3 Å². The normalized spacial score (nSPS) is 37.9. The van der Waals surface area contributed by atoms with E-state index in [0.29, 0.717) is 24.9 Å². The van der Waals surface area contributed by atoms with Gasteiger partial charge in [-0.15, -0.1) is 0 Å². The first-order valence-electron chi connectivity index (χ1n) is 8.94. The first-order valence-corrected chi connectivity index (χ1v) is 8.94. The third-order valence-corrected chi connectivity index (χ3v) is 6.32. The number of fused-ring (bicyclic) bond motifs is 3. The van der Waals surface area contributed by atoms with E-state index < -0.39 is 5.41 Å². The van der Waals surface area contributed by atoms with E-state index >= 15 is 0 Å². The van der Waals surface area contributed by atoms with Crippen molar-refractivity contribution in [3.8, 4) is 0 Å². The van der Waals surface area contributed by atoms with Crippen LogP contribution in [0.5, 0.6) is 0 Å². The van der Waals surface area contributed by atoms with E-state index in [1.54, 1.807) is 0 Å². The molecule has 0 heterocycles. The van der Waals surface area contributed by atoms with E-state index in [9.17, 15) is 9.59 Å². The number of rotatable bonds is 3. The molecule has 1 fully saturated rings. The minimum atomic E-state index is -0.635. The molecule has 3 nitrogen and oxygen atoms in total. The average Bonchev–Trinajstić information content (AvgIpc) is 2.49. The van der Waals surface area contributed by atoms with Crippen LogP contribution in [0.4, 0.5) is 0 Å². The summed E-state index contributed by atoms with van der Waals surface area (Å²) in [4.78, 5) is 25.3. The highest BCUT2D eigenvalue weighted by molar-refractivity contribution is 5.92. The Morgan fingerprint density at radius 3 is 2.83 bits per heavy atom. The van der Waals surface area contributed by atoms with Crippen LogP contribution in [0.25, 0.3) is 0 Å². The number of hydrogen-bond acceptors (Lipinski definition) is 3. The van der Waals surface area contributed by atoms with Gasteiger partial charge in [0.1, 0.15) is 5.78 Å². The highest BCUT2D eigenvalue weighted by atomic mass is 16.5. The van der Waals surface area contributed by atoms with Gasteiger partial charge in [-0.25, -0.2) is 0 Å². The van der Waals surface area contributed by atoms with Crippen LogP contribution in [-0.2, 0) is 14.3 Å². The molecule has 0 aromatic heterocycles. The van der Waals surface area contributed by atoms with Crippen molar-refractivity contribution in [3.63, 3.8) is 0 Å². The molecule has 0 aliphatic heterocycles. The maximum absolute atomic E-state index is 13.1. The summed E-state index contributed by atoms with van der Waals surface area (Å²) in [6, 6.07) is 0. The summed E-state index contributed by atoms with van der Waals surface area (Å²) in [7, 11) is 0. The molecule has 0 bridgehead atoms. The Bertz CT molecular complexity index is 557. The summed E-state index contributed by atoms with van der Waals surface area (Å²) in [6.45, 7) is 6.74. The lowest BCUT2D eigenvalue weighted by Gasteiger charge is -2.54. The van der Waals surface area contributed by atoms with E-state index in [-0.39, 0.29) is 29.5 Å². The lowest BCUT2D eigenvalue weighted by atomic mass is 9.48. The molecule has 0 aromatic carbocycles. The molecule has 3 aliphatic rings. The molecular formula is C20H28O3. The maximum Gasteiger partial charge on any atom is 0.307 e. The summed E-state index contributed by atoms with van der Waals surface area (Å²) < 4.78 is 5.17. The molecule has 126 valence electrons. The van der Waals surface area contributed by atoms with Crippen LogP contribution in [0.2, 0.25) is 0 Å². The second kappa shape index (κ2) is 5.92. The zero-order chi connectivity index (χ0) is 16.7. The van der Waals surface area contributed by atoms with Crippen molar-refractivity contribution in [1.29, 1.82) is 0 Å². The monoisotopic (exact) mass is 316 g/mol. The van der Waals surface area contributed by atoms with Gasteiger partial charge < -0.3 is 4.74 Å². The fraction of sp³-hybridized carbons (Fsp3) is 0.700. The van der Waals surface area contributed by atoms with Gasteiger partial charge in [0.05, 0.1) is 18.4 Å². The van der Waals surface area contributed by atoms with Gasteiger partial charge in [0.15, 0.2) is 0 Å². The molecule has 3 aliphatic carbocycles. The topological polar surface area (TPSA) is 43.4 Å². The Hall–Kier alpha value is -1.38. The van der Waals surface area contributed by atoms with Gasteiger partial charge in [0, 0.05) is 6.42 Å². The number of ether oxygens (including phenoxy) is 1. The number of carbonyl (C=O) groups excluding carboxylic acids is 2. The minimum absolute atomic E-state index is 0.159. The minimum Gasteiger partial charge on any atom is -0.466 e. The largest absolute Gasteiger partial charge is 0.466 e. The van der Waals surface area contributed by atoms with Crippen LogP contribution in [0, 0.1) is 28.6 Å². The van der Waals surface area contributed by atoms with Crippen LogP contribution < -0.4 is 0 Å². The fourth-order valence-corrected chi connectivity index (χ4v) is 5.08. The summed E-state index contributed by atoms with van der Waals surface area (Å²) >= 11 is 0. The zero-order valence-corrected chi connectivity index (χ0v) is 14.5. The molecule has 1 saturated carbocycles. The molecule has 3 rings (SSSR count). The highest BCUT2D eigenvalue weighted by Crippen LogP contribution is 2.58. The molecule has 0 spiro atoms. The lowest BCUT2D eigenvalue weighted by molar-refractivity contribution is -0.155. The smallest absolute Gasteiger partial charge is 0.307 e. The fourth-order valence-electron chi connectivity index (χ4n) is 5.08. The van der Waals surface area contributed by atoms with Gasteiger partial charge in [-0.05, 0) is 49.4 Å². The van der Waals surface area contributed by atoms with Crippen molar-refractivity contribution in [1.82, 2.24) is 0 Å². The molecule has 0 saturated heterocycles. The quantitative estimate of drug-likeness (QED) is 0.582. The molecule has 0 radical (unpaired) electrons. The Morgan fingerprint density at radius 2 is 2.09 bits per heavy atom. The molecule has 0 aromatic rings. The first kappa shape index (κ1) is 16.5. The third-order valence-electron chi connectivity index (χ3n) is 6.32.